The molecule has 0 aliphatic carbocycles. The van der Waals surface area contributed by atoms with Crippen molar-refractivity contribution in [1.82, 2.24) is 9.80 Å². The van der Waals surface area contributed by atoms with Crippen LogP contribution in [0.3, 0.4) is 0 Å². The van der Waals surface area contributed by atoms with Crippen LogP contribution in [0.4, 0.5) is 0 Å². The summed E-state index contributed by atoms with van der Waals surface area (Å²) in [6.07, 6.45) is 2.57. The highest BCUT2D eigenvalue weighted by molar-refractivity contribution is 4.93. The Hall–Kier alpha value is -0.120. The quantitative estimate of drug-likeness (QED) is 0.814. The van der Waals surface area contributed by atoms with Crippen LogP contribution < -0.4 is 5.73 Å². The van der Waals surface area contributed by atoms with Gasteiger partial charge in [-0.15, -0.1) is 0 Å². The molecule has 17 heavy (non-hydrogen) atoms. The molecular formula is C14H31N3. The number of rotatable bonds is 4. The van der Waals surface area contributed by atoms with E-state index in [4.69, 9.17) is 5.73 Å². The van der Waals surface area contributed by atoms with Crippen LogP contribution in [0.5, 0.6) is 0 Å². The van der Waals surface area contributed by atoms with Gasteiger partial charge >= 0.3 is 0 Å². The summed E-state index contributed by atoms with van der Waals surface area (Å²) in [5.74, 6) is 0. The van der Waals surface area contributed by atoms with Crippen LogP contribution in [0.15, 0.2) is 0 Å². The lowest BCUT2D eigenvalue weighted by Gasteiger charge is -2.44. The molecule has 2 N–H and O–H groups in total. The molecule has 0 aromatic rings. The first-order valence-corrected chi connectivity index (χ1v) is 6.81. The van der Waals surface area contributed by atoms with E-state index >= 15 is 0 Å². The van der Waals surface area contributed by atoms with E-state index < -0.39 is 0 Å². The topological polar surface area (TPSA) is 32.5 Å². The summed E-state index contributed by atoms with van der Waals surface area (Å²) < 4.78 is 0. The van der Waals surface area contributed by atoms with Crippen molar-refractivity contribution < 1.29 is 0 Å². The molecule has 1 saturated heterocycles. The Kier molecular flexibility index (Phi) is 4.61. The van der Waals surface area contributed by atoms with Crippen molar-refractivity contribution in [2.24, 2.45) is 11.1 Å². The Bertz CT molecular complexity index is 234. The van der Waals surface area contributed by atoms with Gasteiger partial charge in [-0.1, -0.05) is 13.8 Å². The van der Waals surface area contributed by atoms with E-state index in [0.717, 1.165) is 12.6 Å². The van der Waals surface area contributed by atoms with Crippen molar-refractivity contribution in [3.63, 3.8) is 0 Å². The highest BCUT2D eigenvalue weighted by Gasteiger charge is 2.35. The zero-order chi connectivity index (χ0) is 13.3. The summed E-state index contributed by atoms with van der Waals surface area (Å²) >= 11 is 0. The molecular weight excluding hydrogens is 210 g/mol. The molecule has 0 spiro atoms. The minimum absolute atomic E-state index is 0.132. The third-order valence-corrected chi connectivity index (χ3v) is 4.70. The van der Waals surface area contributed by atoms with Gasteiger partial charge < -0.3 is 15.5 Å². The molecule has 102 valence electrons. The molecule has 3 heteroatoms. The van der Waals surface area contributed by atoms with E-state index in [1.165, 1.54) is 25.9 Å². The molecule has 3 nitrogen and oxygen atoms in total. The number of nitrogens with two attached hydrogens (primary N) is 1. The van der Waals surface area contributed by atoms with Gasteiger partial charge in [-0.05, 0) is 59.3 Å². The second kappa shape index (κ2) is 5.25. The standard InChI is InChI=1S/C14H31N3/c1-13(2,14(3,4)15)11-17(6)12-7-9-16(5)10-8-12/h12H,7-11,15H2,1-6H3. The summed E-state index contributed by atoms with van der Waals surface area (Å²) in [4.78, 5) is 4.93. The number of likely N-dealkylation sites (tertiary alicyclic amines) is 1. The van der Waals surface area contributed by atoms with E-state index in [0.29, 0.717) is 0 Å². The van der Waals surface area contributed by atoms with Gasteiger partial charge in [-0.2, -0.15) is 0 Å². The third-order valence-electron chi connectivity index (χ3n) is 4.70. The molecule has 0 bridgehead atoms. The third kappa shape index (κ3) is 3.94. The van der Waals surface area contributed by atoms with Gasteiger partial charge in [0.1, 0.15) is 0 Å². The largest absolute Gasteiger partial charge is 0.325 e. The Morgan fingerprint density at radius 2 is 1.65 bits per heavy atom. The molecule has 1 aliphatic heterocycles. The predicted octanol–water partition coefficient (Wildman–Crippen LogP) is 1.78. The van der Waals surface area contributed by atoms with E-state index in [2.05, 4.69) is 51.6 Å². The number of hydrogen-bond donors (Lipinski definition) is 1. The van der Waals surface area contributed by atoms with Gasteiger partial charge in [0.2, 0.25) is 0 Å². The summed E-state index contributed by atoms with van der Waals surface area (Å²) in [7, 11) is 4.46. The fraction of sp³-hybridized carbons (Fsp3) is 1.00. The SMILES string of the molecule is CN1CCC(N(C)CC(C)(C)C(C)(C)N)CC1. The van der Waals surface area contributed by atoms with Crippen LogP contribution in [0.25, 0.3) is 0 Å². The van der Waals surface area contributed by atoms with Crippen LogP contribution in [0.2, 0.25) is 0 Å². The zero-order valence-corrected chi connectivity index (χ0v) is 12.6. The van der Waals surface area contributed by atoms with Crippen LogP contribution >= 0.6 is 0 Å². The van der Waals surface area contributed by atoms with Crippen molar-refractivity contribution in [2.75, 3.05) is 33.7 Å². The van der Waals surface area contributed by atoms with Crippen molar-refractivity contribution >= 4 is 0 Å². The van der Waals surface area contributed by atoms with Crippen molar-refractivity contribution in [3.8, 4) is 0 Å². The molecule has 1 heterocycles. The van der Waals surface area contributed by atoms with E-state index in [1.54, 1.807) is 0 Å². The fourth-order valence-electron chi connectivity index (χ4n) is 2.39. The van der Waals surface area contributed by atoms with Crippen molar-refractivity contribution in [2.45, 2.75) is 52.1 Å². The highest BCUT2D eigenvalue weighted by atomic mass is 15.2. The van der Waals surface area contributed by atoms with Crippen molar-refractivity contribution in [1.29, 1.82) is 0 Å². The monoisotopic (exact) mass is 241 g/mol. The summed E-state index contributed by atoms with van der Waals surface area (Å²) in [5.41, 5.74) is 6.29. The molecule has 0 aromatic carbocycles. The highest BCUT2D eigenvalue weighted by Crippen LogP contribution is 2.30. The maximum atomic E-state index is 6.28. The Morgan fingerprint density at radius 3 is 2.06 bits per heavy atom. The van der Waals surface area contributed by atoms with E-state index in [-0.39, 0.29) is 11.0 Å². The molecule has 1 rings (SSSR count). The maximum absolute atomic E-state index is 6.28. The molecule has 1 fully saturated rings. The fourth-order valence-corrected chi connectivity index (χ4v) is 2.39. The van der Waals surface area contributed by atoms with Crippen molar-refractivity contribution in [3.05, 3.63) is 0 Å². The molecule has 1 aliphatic rings. The van der Waals surface area contributed by atoms with Crippen LogP contribution in [0, 0.1) is 5.41 Å². The Balaban J connectivity index is 2.51. The summed E-state index contributed by atoms with van der Waals surface area (Å²) in [6, 6.07) is 0.729. The molecule has 0 atom stereocenters. The van der Waals surface area contributed by atoms with Crippen LogP contribution in [-0.4, -0.2) is 55.1 Å². The molecule has 0 amide bonds. The van der Waals surface area contributed by atoms with Gasteiger partial charge in [-0.3, -0.25) is 0 Å². The molecule has 0 unspecified atom stereocenters. The number of nitrogens with zero attached hydrogens (tertiary/aromatic N) is 2. The van der Waals surface area contributed by atoms with Gasteiger partial charge in [0.25, 0.3) is 0 Å². The average molecular weight is 241 g/mol. The van der Waals surface area contributed by atoms with Gasteiger partial charge in [0, 0.05) is 18.1 Å². The number of hydrogen-bond acceptors (Lipinski definition) is 3. The average Bonchev–Trinajstić information content (AvgIpc) is 2.16. The minimum atomic E-state index is -0.132. The lowest BCUT2D eigenvalue weighted by atomic mass is 9.74. The smallest absolute Gasteiger partial charge is 0.0161 e. The van der Waals surface area contributed by atoms with E-state index in [1.807, 2.05) is 0 Å². The zero-order valence-electron chi connectivity index (χ0n) is 12.6. The predicted molar refractivity (Wildman–Crippen MR) is 75.2 cm³/mol. The molecule has 0 aromatic heterocycles. The second-order valence-corrected chi connectivity index (χ2v) is 7.06. The maximum Gasteiger partial charge on any atom is 0.0161 e. The first-order valence-electron chi connectivity index (χ1n) is 6.81. The summed E-state index contributed by atoms with van der Waals surface area (Å²) in [6.45, 7) is 12.3. The number of piperidine rings is 1. The molecule has 0 radical (unpaired) electrons. The van der Waals surface area contributed by atoms with Gasteiger partial charge in [-0.25, -0.2) is 0 Å². The van der Waals surface area contributed by atoms with Crippen LogP contribution in [-0.2, 0) is 0 Å². The first kappa shape index (κ1) is 14.9. The van der Waals surface area contributed by atoms with Gasteiger partial charge in [0.05, 0.1) is 0 Å². The minimum Gasteiger partial charge on any atom is -0.325 e. The van der Waals surface area contributed by atoms with Gasteiger partial charge in [0.15, 0.2) is 0 Å². The second-order valence-electron chi connectivity index (χ2n) is 7.06. The van der Waals surface area contributed by atoms with E-state index in [9.17, 15) is 0 Å². The first-order chi connectivity index (χ1) is 7.63. The molecule has 0 saturated carbocycles. The summed E-state index contributed by atoms with van der Waals surface area (Å²) in [5, 5.41) is 0. The lowest BCUT2D eigenvalue weighted by molar-refractivity contribution is 0.0747. The normalized spacial score (nSPS) is 21.2. The Morgan fingerprint density at radius 1 is 1.18 bits per heavy atom. The lowest BCUT2D eigenvalue weighted by Crippen LogP contribution is -2.54. The Labute approximate surface area is 107 Å². The van der Waals surface area contributed by atoms with Crippen LogP contribution in [0.1, 0.15) is 40.5 Å².